The molecule has 0 bridgehead atoms. The molecule has 0 radical (unpaired) electrons. The van der Waals surface area contributed by atoms with E-state index >= 15 is 0 Å². The Kier molecular flexibility index (Phi) is 10.4. The molecular weight excluding hydrogens is 271 g/mol. The predicted molar refractivity (Wildman–Crippen MR) is 38.3 cm³/mol. The van der Waals surface area contributed by atoms with Gasteiger partial charge >= 0.3 is 28.3 Å². The standard InChI is InChI=1S/C4H8N2O3S.O.Tc/c5-2(3(7)8)1-10-4(6)9;;/h2H,1,5H2,(H2,6,9)(H,7,8);;/t2-;;/m0../s1/i;;1+1. The quantitative estimate of drug-likeness (QED) is 0.614. The van der Waals surface area contributed by atoms with Crippen LogP contribution in [0, 0.1) is 0 Å². The Morgan fingerprint density at radius 1 is 1.50 bits per heavy atom. The molecule has 1 atom stereocenters. The summed E-state index contributed by atoms with van der Waals surface area (Å²) in [5.74, 6) is -1.11. The number of rotatable bonds is 3. The Morgan fingerprint density at radius 2 is 1.92 bits per heavy atom. The van der Waals surface area contributed by atoms with Gasteiger partial charge in [0.2, 0.25) is 0 Å². The molecule has 0 rings (SSSR count). The average Bonchev–Trinajstić information content (AvgIpc) is 2.03. The molecule has 0 unspecified atom stereocenters. The van der Waals surface area contributed by atoms with E-state index in [4.69, 9.17) is 20.1 Å². The van der Waals surface area contributed by atoms with Crippen LogP contribution in [-0.2, 0) is 27.2 Å². The van der Waals surface area contributed by atoms with E-state index in [-0.39, 0.29) is 5.75 Å². The van der Waals surface area contributed by atoms with Gasteiger partial charge in [-0.2, -0.15) is 0 Å². The molecule has 0 saturated heterocycles. The van der Waals surface area contributed by atoms with Crippen molar-refractivity contribution in [3.63, 3.8) is 0 Å². The van der Waals surface area contributed by atoms with E-state index < -0.39 is 17.3 Å². The molecule has 0 aromatic heterocycles. The number of carboxylic acid groups (broad SMARTS) is 1. The van der Waals surface area contributed by atoms with Crippen LogP contribution in [0.5, 0.6) is 0 Å². The Balaban J connectivity index is 0. The minimum atomic E-state index is -1.13. The normalized spacial score (nSPS) is 10.8. The van der Waals surface area contributed by atoms with Crippen LogP contribution in [0.3, 0.4) is 0 Å². The zero-order valence-corrected chi connectivity index (χ0v) is 8.57. The van der Waals surface area contributed by atoms with Crippen molar-refractivity contribution in [3.05, 3.63) is 0 Å². The number of hydrogen-bond acceptors (Lipinski definition) is 5. The fraction of sp³-hybridized carbons (Fsp3) is 0.500. The molecule has 12 heavy (non-hydrogen) atoms. The Morgan fingerprint density at radius 3 is 2.17 bits per heavy atom. The molecule has 0 aromatic rings. The van der Waals surface area contributed by atoms with Crippen LogP contribution in [0.2, 0.25) is 0 Å². The monoisotopic (exact) mass is 279 g/mol. The Bertz CT molecular complexity index is 167. The summed E-state index contributed by atoms with van der Waals surface area (Å²) < 4.78 is 8.22. The van der Waals surface area contributed by atoms with Gasteiger partial charge in [-0.3, -0.25) is 9.59 Å². The van der Waals surface area contributed by atoms with Gasteiger partial charge in [-0.1, -0.05) is 11.8 Å². The second-order valence-electron chi connectivity index (χ2n) is 1.57. The summed E-state index contributed by atoms with van der Waals surface area (Å²) >= 11 is 1.60. The van der Waals surface area contributed by atoms with Crippen LogP contribution in [-0.4, -0.2) is 28.1 Å². The minimum absolute atomic E-state index is 0.0185. The van der Waals surface area contributed by atoms with Gasteiger partial charge in [0.1, 0.15) is 6.04 Å². The number of thioether (sulfide) groups is 1. The molecule has 0 aliphatic heterocycles. The first-order valence-electron chi connectivity index (χ1n) is 2.60. The van der Waals surface area contributed by atoms with Crippen molar-refractivity contribution < 1.29 is 37.1 Å². The van der Waals surface area contributed by atoms with Crippen LogP contribution < -0.4 is 11.5 Å². The molecule has 6 nitrogen and oxygen atoms in total. The van der Waals surface area contributed by atoms with E-state index in [2.05, 4.69) is 0 Å². The van der Waals surface area contributed by atoms with E-state index in [0.29, 0.717) is 11.8 Å². The number of carboxylic acids is 1. The van der Waals surface area contributed by atoms with Gasteiger partial charge < -0.3 is 16.6 Å². The van der Waals surface area contributed by atoms with Crippen molar-refractivity contribution >= 4 is 23.0 Å². The Hall–Kier alpha value is -0.301. The van der Waals surface area contributed by atoms with Gasteiger partial charge in [0.05, 0.1) is 0 Å². The number of hydrogen-bond donors (Lipinski definition) is 3. The first-order chi connectivity index (χ1) is 5.54. The third kappa shape index (κ3) is 9.70. The Labute approximate surface area is 83.5 Å². The van der Waals surface area contributed by atoms with E-state index in [1.165, 1.54) is 0 Å². The summed E-state index contributed by atoms with van der Waals surface area (Å²) in [5.41, 5.74) is 9.75. The van der Waals surface area contributed by atoms with Crippen LogP contribution in [0.15, 0.2) is 0 Å². The molecule has 1 amide bonds. The summed E-state index contributed by atoms with van der Waals surface area (Å²) in [6.07, 6.45) is 0. The van der Waals surface area contributed by atoms with Gasteiger partial charge in [0, 0.05) is 5.75 Å². The molecular formula is C4H8N2O4STc. The SMILES string of the molecule is NC(=O)SC[C@H](N)C(=O)O.[O]=[99Tc]. The number of carbonyl (C=O) groups excluding carboxylic acids is 1. The zero-order valence-electron chi connectivity index (χ0n) is 5.90. The van der Waals surface area contributed by atoms with Gasteiger partial charge in [0.15, 0.2) is 0 Å². The van der Waals surface area contributed by atoms with Gasteiger partial charge in [-0.15, -0.1) is 0 Å². The molecule has 8 heteroatoms. The number of primary amides is 1. The van der Waals surface area contributed by atoms with Crippen LogP contribution in [0.1, 0.15) is 0 Å². The van der Waals surface area contributed by atoms with Gasteiger partial charge in [0.25, 0.3) is 5.24 Å². The first kappa shape index (κ1) is 14.2. The van der Waals surface area contributed by atoms with Gasteiger partial charge in [-0.05, 0) is 0 Å². The van der Waals surface area contributed by atoms with E-state index in [1.54, 1.807) is 0 Å². The van der Waals surface area contributed by atoms with Crippen molar-refractivity contribution in [3.8, 4) is 0 Å². The molecule has 0 saturated carbocycles. The number of aliphatic carboxylic acids is 1. The fourth-order valence-electron chi connectivity index (χ4n) is 0.243. The molecule has 0 aromatic carbocycles. The maximum atomic E-state index is 10.1. The van der Waals surface area contributed by atoms with Crippen molar-refractivity contribution in [2.75, 3.05) is 5.75 Å². The van der Waals surface area contributed by atoms with Crippen molar-refractivity contribution in [1.29, 1.82) is 0 Å². The molecule has 0 aliphatic rings. The van der Waals surface area contributed by atoms with E-state index in [1.807, 2.05) is 0 Å². The predicted octanol–water partition coefficient (Wildman–Crippen LogP) is -0.911. The first-order valence-corrected chi connectivity index (χ1v) is 4.34. The van der Waals surface area contributed by atoms with Crippen LogP contribution >= 0.6 is 11.8 Å². The number of nitrogens with two attached hydrogens (primary N) is 2. The molecule has 0 aliphatic carbocycles. The second-order valence-corrected chi connectivity index (χ2v) is 2.60. The van der Waals surface area contributed by atoms with Crippen LogP contribution in [0.25, 0.3) is 0 Å². The summed E-state index contributed by atoms with van der Waals surface area (Å²) in [5, 5.41) is 7.59. The third-order valence-corrected chi connectivity index (χ3v) is 1.53. The summed E-state index contributed by atoms with van der Waals surface area (Å²) in [6.45, 7) is 0. The summed E-state index contributed by atoms with van der Waals surface area (Å²) in [4.78, 5) is 20.1. The van der Waals surface area contributed by atoms with E-state index in [0.717, 1.165) is 18.9 Å². The topological polar surface area (TPSA) is 123 Å². The second kappa shape index (κ2) is 8.79. The summed E-state index contributed by atoms with van der Waals surface area (Å²) in [6, 6.07) is -1.02. The molecule has 71 valence electrons. The van der Waals surface area contributed by atoms with Crippen LogP contribution in [0.4, 0.5) is 4.79 Å². The van der Waals surface area contributed by atoms with E-state index in [9.17, 15) is 9.59 Å². The van der Waals surface area contributed by atoms with Crippen molar-refractivity contribution in [1.82, 2.24) is 0 Å². The molecule has 0 heterocycles. The van der Waals surface area contributed by atoms with Gasteiger partial charge in [-0.25, -0.2) is 0 Å². The summed E-state index contributed by atoms with van der Waals surface area (Å²) in [7, 11) is 0. The number of amides is 1. The third-order valence-electron chi connectivity index (χ3n) is 0.722. The zero-order chi connectivity index (χ0) is 10.1. The van der Waals surface area contributed by atoms with Crippen molar-refractivity contribution in [2.24, 2.45) is 11.5 Å². The van der Waals surface area contributed by atoms with Crippen molar-refractivity contribution in [2.45, 2.75) is 6.04 Å². The molecule has 0 spiro atoms. The number of carbonyl (C=O) groups is 2. The maximum absolute atomic E-state index is 10.1. The average molecular weight is 279 g/mol. The fourth-order valence-corrected chi connectivity index (χ4v) is 0.730. The molecule has 5 N–H and O–H groups in total. The molecule has 0 fully saturated rings.